The fourth-order valence-corrected chi connectivity index (χ4v) is 1.85. The standard InChI is InChI=1S/C10H13N/c1-7-2-3-8-6-9(11)4-5-10(7)8/h4-7H,2-3,11H2,1H3/t7-/m0/s1. The number of hydrogen-bond donors (Lipinski definition) is 1. The van der Waals surface area contributed by atoms with E-state index in [0.717, 1.165) is 11.6 Å². The van der Waals surface area contributed by atoms with E-state index in [9.17, 15) is 0 Å². The largest absolute Gasteiger partial charge is 0.399 e. The van der Waals surface area contributed by atoms with Gasteiger partial charge in [0.05, 0.1) is 0 Å². The van der Waals surface area contributed by atoms with E-state index in [1.165, 1.54) is 24.0 Å². The third-order valence-electron chi connectivity index (χ3n) is 2.54. The van der Waals surface area contributed by atoms with Gasteiger partial charge in [-0.2, -0.15) is 0 Å². The SMILES string of the molecule is C[C@H]1CCc2cc(N)ccc21. The summed E-state index contributed by atoms with van der Waals surface area (Å²) in [5.74, 6) is 0.741. The first kappa shape index (κ1) is 6.71. The van der Waals surface area contributed by atoms with Crippen molar-refractivity contribution in [1.29, 1.82) is 0 Å². The lowest BCUT2D eigenvalue weighted by Gasteiger charge is -2.03. The van der Waals surface area contributed by atoms with Gasteiger partial charge in [-0.3, -0.25) is 0 Å². The molecule has 58 valence electrons. The zero-order valence-electron chi connectivity index (χ0n) is 6.80. The van der Waals surface area contributed by atoms with Gasteiger partial charge in [0.15, 0.2) is 0 Å². The Morgan fingerprint density at radius 1 is 1.45 bits per heavy atom. The van der Waals surface area contributed by atoms with Gasteiger partial charge in [-0.1, -0.05) is 13.0 Å². The monoisotopic (exact) mass is 147 g/mol. The van der Waals surface area contributed by atoms with Crippen LogP contribution in [0.3, 0.4) is 0 Å². The maximum atomic E-state index is 5.68. The van der Waals surface area contributed by atoms with E-state index < -0.39 is 0 Å². The van der Waals surface area contributed by atoms with Crippen molar-refractivity contribution in [1.82, 2.24) is 0 Å². The highest BCUT2D eigenvalue weighted by Gasteiger charge is 2.17. The summed E-state index contributed by atoms with van der Waals surface area (Å²) in [5, 5.41) is 0. The topological polar surface area (TPSA) is 26.0 Å². The lowest BCUT2D eigenvalue weighted by atomic mass is 10.0. The van der Waals surface area contributed by atoms with Crippen molar-refractivity contribution in [2.75, 3.05) is 5.73 Å². The zero-order valence-corrected chi connectivity index (χ0v) is 6.80. The summed E-state index contributed by atoms with van der Waals surface area (Å²) in [4.78, 5) is 0. The van der Waals surface area contributed by atoms with E-state index in [1.54, 1.807) is 0 Å². The average molecular weight is 147 g/mol. The molecule has 0 radical (unpaired) electrons. The van der Waals surface area contributed by atoms with Gasteiger partial charge in [-0.15, -0.1) is 0 Å². The first-order valence-electron chi connectivity index (χ1n) is 4.15. The molecule has 0 saturated heterocycles. The molecule has 2 rings (SSSR count). The number of hydrogen-bond acceptors (Lipinski definition) is 1. The van der Waals surface area contributed by atoms with E-state index >= 15 is 0 Å². The predicted octanol–water partition coefficient (Wildman–Crippen LogP) is 2.32. The van der Waals surface area contributed by atoms with Crippen LogP contribution in [0.5, 0.6) is 0 Å². The molecule has 0 aromatic heterocycles. The molecule has 1 aliphatic rings. The van der Waals surface area contributed by atoms with E-state index in [0.29, 0.717) is 0 Å². The minimum Gasteiger partial charge on any atom is -0.399 e. The molecule has 0 spiro atoms. The summed E-state index contributed by atoms with van der Waals surface area (Å²) in [5.41, 5.74) is 9.53. The molecule has 2 N–H and O–H groups in total. The maximum absolute atomic E-state index is 5.68. The molecule has 0 aliphatic heterocycles. The summed E-state index contributed by atoms with van der Waals surface area (Å²) in [7, 11) is 0. The highest BCUT2D eigenvalue weighted by molar-refractivity contribution is 5.47. The van der Waals surface area contributed by atoms with Gasteiger partial charge in [-0.05, 0) is 42.0 Å². The summed E-state index contributed by atoms with van der Waals surface area (Å²) in [6, 6.07) is 6.28. The van der Waals surface area contributed by atoms with E-state index in [-0.39, 0.29) is 0 Å². The molecule has 0 amide bonds. The summed E-state index contributed by atoms with van der Waals surface area (Å²) in [6.07, 6.45) is 2.50. The minimum absolute atomic E-state index is 0.741. The van der Waals surface area contributed by atoms with Crippen molar-refractivity contribution < 1.29 is 0 Å². The highest BCUT2D eigenvalue weighted by atomic mass is 14.5. The molecule has 0 bridgehead atoms. The van der Waals surface area contributed by atoms with Crippen molar-refractivity contribution in [2.24, 2.45) is 0 Å². The fraction of sp³-hybridized carbons (Fsp3) is 0.400. The van der Waals surface area contributed by atoms with E-state index in [1.807, 2.05) is 6.07 Å². The Morgan fingerprint density at radius 2 is 2.27 bits per heavy atom. The molecule has 0 unspecified atom stereocenters. The van der Waals surface area contributed by atoms with Gasteiger partial charge in [0, 0.05) is 5.69 Å². The molecule has 1 nitrogen and oxygen atoms in total. The van der Waals surface area contributed by atoms with E-state index in [2.05, 4.69) is 19.1 Å². The molecule has 1 heteroatoms. The van der Waals surface area contributed by atoms with Crippen LogP contribution in [0.25, 0.3) is 0 Å². The van der Waals surface area contributed by atoms with Gasteiger partial charge in [0.2, 0.25) is 0 Å². The number of benzene rings is 1. The zero-order chi connectivity index (χ0) is 7.84. The smallest absolute Gasteiger partial charge is 0.0316 e. The van der Waals surface area contributed by atoms with Gasteiger partial charge in [-0.25, -0.2) is 0 Å². The number of rotatable bonds is 0. The second-order valence-corrected chi connectivity index (χ2v) is 3.40. The van der Waals surface area contributed by atoms with Gasteiger partial charge < -0.3 is 5.73 Å². The van der Waals surface area contributed by atoms with Crippen LogP contribution in [0.15, 0.2) is 18.2 Å². The van der Waals surface area contributed by atoms with Crippen LogP contribution in [0, 0.1) is 0 Å². The molecule has 0 heterocycles. The van der Waals surface area contributed by atoms with Crippen LogP contribution < -0.4 is 5.73 Å². The van der Waals surface area contributed by atoms with Gasteiger partial charge >= 0.3 is 0 Å². The first-order valence-corrected chi connectivity index (χ1v) is 4.15. The Balaban J connectivity index is 2.50. The normalized spacial score (nSPS) is 21.7. The molecule has 1 aromatic rings. The molecular formula is C10H13N. The number of nitrogens with two attached hydrogens (primary N) is 1. The number of fused-ring (bicyclic) bond motifs is 1. The summed E-state index contributed by atoms with van der Waals surface area (Å²) >= 11 is 0. The highest BCUT2D eigenvalue weighted by Crippen LogP contribution is 2.33. The molecule has 0 saturated carbocycles. The summed E-state index contributed by atoms with van der Waals surface area (Å²) in [6.45, 7) is 2.28. The van der Waals surface area contributed by atoms with Gasteiger partial charge in [0.25, 0.3) is 0 Å². The van der Waals surface area contributed by atoms with Crippen molar-refractivity contribution in [3.8, 4) is 0 Å². The third-order valence-corrected chi connectivity index (χ3v) is 2.54. The molecule has 1 aliphatic carbocycles. The minimum atomic E-state index is 0.741. The maximum Gasteiger partial charge on any atom is 0.0316 e. The predicted molar refractivity (Wildman–Crippen MR) is 47.6 cm³/mol. The van der Waals surface area contributed by atoms with Crippen LogP contribution in [0.1, 0.15) is 30.4 Å². The average Bonchev–Trinajstić information content (AvgIpc) is 2.32. The lowest BCUT2D eigenvalue weighted by Crippen LogP contribution is -1.89. The van der Waals surface area contributed by atoms with Crippen LogP contribution in [0.4, 0.5) is 5.69 Å². The lowest BCUT2D eigenvalue weighted by molar-refractivity contribution is 0.747. The second kappa shape index (κ2) is 2.26. The summed E-state index contributed by atoms with van der Waals surface area (Å²) < 4.78 is 0. The Morgan fingerprint density at radius 3 is 3.09 bits per heavy atom. The quantitative estimate of drug-likeness (QED) is 0.560. The Kier molecular flexibility index (Phi) is 1.38. The Hall–Kier alpha value is -0.980. The van der Waals surface area contributed by atoms with E-state index in [4.69, 9.17) is 5.73 Å². The first-order chi connectivity index (χ1) is 5.27. The van der Waals surface area contributed by atoms with Crippen molar-refractivity contribution in [3.63, 3.8) is 0 Å². The van der Waals surface area contributed by atoms with Gasteiger partial charge in [0.1, 0.15) is 0 Å². The number of aryl methyl sites for hydroxylation is 1. The Bertz CT molecular complexity index is 278. The fourth-order valence-electron chi connectivity index (χ4n) is 1.85. The molecule has 1 aromatic carbocycles. The van der Waals surface area contributed by atoms with Crippen LogP contribution >= 0.6 is 0 Å². The second-order valence-electron chi connectivity index (χ2n) is 3.40. The molecule has 1 atom stereocenters. The molecule has 11 heavy (non-hydrogen) atoms. The number of nitrogen functional groups attached to an aromatic ring is 1. The van der Waals surface area contributed by atoms with Crippen LogP contribution in [-0.2, 0) is 6.42 Å². The number of anilines is 1. The molecule has 0 fully saturated rings. The Labute approximate surface area is 67.2 Å². The van der Waals surface area contributed by atoms with Crippen LogP contribution in [0.2, 0.25) is 0 Å². The molecular weight excluding hydrogens is 134 g/mol. The third kappa shape index (κ3) is 1.01. The van der Waals surface area contributed by atoms with Crippen molar-refractivity contribution in [3.05, 3.63) is 29.3 Å². The van der Waals surface area contributed by atoms with Crippen molar-refractivity contribution >= 4 is 5.69 Å². The van der Waals surface area contributed by atoms with Crippen molar-refractivity contribution in [2.45, 2.75) is 25.7 Å². The van der Waals surface area contributed by atoms with Crippen LogP contribution in [-0.4, -0.2) is 0 Å².